The predicted molar refractivity (Wildman–Crippen MR) is 134 cm³/mol. The van der Waals surface area contributed by atoms with Crippen LogP contribution in [0.1, 0.15) is 31.5 Å². The molecule has 0 radical (unpaired) electrons. The zero-order valence-corrected chi connectivity index (χ0v) is 21.0. The van der Waals surface area contributed by atoms with Crippen molar-refractivity contribution in [2.45, 2.75) is 31.7 Å². The van der Waals surface area contributed by atoms with E-state index in [1.54, 1.807) is 37.4 Å². The van der Waals surface area contributed by atoms with Gasteiger partial charge in [-0.2, -0.15) is 0 Å². The molecule has 1 aliphatic carbocycles. The second-order valence-electron chi connectivity index (χ2n) is 8.55. The molecule has 0 spiro atoms. The van der Waals surface area contributed by atoms with E-state index in [1.807, 2.05) is 0 Å². The maximum absolute atomic E-state index is 11.8. The van der Waals surface area contributed by atoms with Gasteiger partial charge in [-0.1, -0.05) is 23.7 Å². The SMILES string of the molecule is C[C@@H](CNc1nccc(-c2[nH]c(C3CC3)nc2-c2cccc(NS(C)(=O)=O)c2Cl)n1)N(C)C(=O)O. The van der Waals surface area contributed by atoms with E-state index in [2.05, 4.69) is 25.0 Å². The number of sulfonamides is 1. The lowest BCUT2D eigenvalue weighted by atomic mass is 10.1. The largest absolute Gasteiger partial charge is 0.465 e. The zero-order chi connectivity index (χ0) is 25.3. The molecule has 2 aromatic heterocycles. The van der Waals surface area contributed by atoms with Gasteiger partial charge in [-0.25, -0.2) is 28.2 Å². The summed E-state index contributed by atoms with van der Waals surface area (Å²) >= 11 is 6.61. The highest BCUT2D eigenvalue weighted by atomic mass is 35.5. The Morgan fingerprint density at radius 1 is 1.31 bits per heavy atom. The molecule has 0 unspecified atom stereocenters. The molecule has 35 heavy (non-hydrogen) atoms. The summed E-state index contributed by atoms with van der Waals surface area (Å²) in [6.07, 6.45) is 3.70. The first-order valence-corrected chi connectivity index (χ1v) is 13.2. The lowest BCUT2D eigenvalue weighted by Crippen LogP contribution is -2.38. The molecule has 1 atom stereocenters. The summed E-state index contributed by atoms with van der Waals surface area (Å²) in [7, 11) is -2.02. The van der Waals surface area contributed by atoms with Gasteiger partial charge in [-0.3, -0.25) is 4.72 Å². The summed E-state index contributed by atoms with van der Waals surface area (Å²) in [6, 6.07) is 6.50. The Labute approximate surface area is 208 Å². The molecule has 0 aliphatic heterocycles. The van der Waals surface area contributed by atoms with Crippen LogP contribution in [0.4, 0.5) is 16.4 Å². The number of nitrogens with zero attached hydrogens (tertiary/aromatic N) is 4. The highest BCUT2D eigenvalue weighted by Gasteiger charge is 2.30. The fourth-order valence-electron chi connectivity index (χ4n) is 3.46. The minimum atomic E-state index is -3.52. The number of halogens is 1. The third-order valence-corrected chi connectivity index (χ3v) is 6.66. The quantitative estimate of drug-likeness (QED) is 0.332. The maximum atomic E-state index is 11.8. The lowest BCUT2D eigenvalue weighted by molar-refractivity contribution is 0.144. The van der Waals surface area contributed by atoms with Crippen molar-refractivity contribution in [3.8, 4) is 22.6 Å². The molecule has 1 fully saturated rings. The van der Waals surface area contributed by atoms with Gasteiger partial charge in [0.25, 0.3) is 0 Å². The molecule has 1 aromatic carbocycles. The summed E-state index contributed by atoms with van der Waals surface area (Å²) in [4.78, 5) is 29.4. The van der Waals surface area contributed by atoms with E-state index in [-0.39, 0.29) is 16.8 Å². The number of H-pyrrole nitrogens is 1. The van der Waals surface area contributed by atoms with Crippen LogP contribution in [0.15, 0.2) is 30.5 Å². The molecule has 2 heterocycles. The van der Waals surface area contributed by atoms with E-state index < -0.39 is 16.1 Å². The molecule has 0 bridgehead atoms. The second kappa shape index (κ2) is 9.70. The summed E-state index contributed by atoms with van der Waals surface area (Å²) in [5.41, 5.74) is 2.57. The smallest absolute Gasteiger partial charge is 0.407 e. The molecule has 13 heteroatoms. The Bertz CT molecular complexity index is 1360. The second-order valence-corrected chi connectivity index (χ2v) is 10.7. The highest BCUT2D eigenvalue weighted by Crippen LogP contribution is 2.43. The first kappa shape index (κ1) is 24.7. The van der Waals surface area contributed by atoms with Crippen molar-refractivity contribution in [2.75, 3.05) is 29.9 Å². The maximum Gasteiger partial charge on any atom is 0.407 e. The summed E-state index contributed by atoms with van der Waals surface area (Å²) in [5.74, 6) is 1.48. The summed E-state index contributed by atoms with van der Waals surface area (Å²) in [6.45, 7) is 2.10. The van der Waals surface area contributed by atoms with Crippen LogP contribution >= 0.6 is 11.6 Å². The number of anilines is 2. The van der Waals surface area contributed by atoms with Crippen LogP contribution in [-0.4, -0.2) is 70.3 Å². The van der Waals surface area contributed by atoms with Gasteiger partial charge >= 0.3 is 6.09 Å². The number of amides is 1. The number of likely N-dealkylation sites (N-methyl/N-ethyl adjacent to an activating group) is 1. The molecular formula is C22H26ClN7O4S. The third kappa shape index (κ3) is 5.82. The van der Waals surface area contributed by atoms with Gasteiger partial charge in [0.2, 0.25) is 16.0 Å². The summed E-state index contributed by atoms with van der Waals surface area (Å²) < 4.78 is 26.0. The van der Waals surface area contributed by atoms with Crippen LogP contribution < -0.4 is 10.0 Å². The van der Waals surface area contributed by atoms with Crippen molar-refractivity contribution in [1.82, 2.24) is 24.8 Å². The number of benzene rings is 1. The average molecular weight is 520 g/mol. The fourth-order valence-corrected chi connectivity index (χ4v) is 4.35. The number of nitrogens with one attached hydrogen (secondary N) is 3. The molecule has 1 amide bonds. The molecule has 0 saturated heterocycles. The fraction of sp³-hybridized carbons (Fsp3) is 0.364. The van der Waals surface area contributed by atoms with Crippen molar-refractivity contribution < 1.29 is 18.3 Å². The third-order valence-electron chi connectivity index (χ3n) is 5.67. The highest BCUT2D eigenvalue weighted by molar-refractivity contribution is 7.92. The topological polar surface area (TPSA) is 153 Å². The predicted octanol–water partition coefficient (Wildman–Crippen LogP) is 3.85. The number of rotatable bonds is 9. The molecule has 11 nitrogen and oxygen atoms in total. The standard InChI is InChI=1S/C22H26ClN7O4S/c1-12(30(2)22(31)32)11-25-21-24-10-9-16(26-21)19-18(27-20(28-19)13-7-8-13)14-5-4-6-15(17(14)23)29-35(3,33)34/h4-6,9-10,12-13,29H,7-8,11H2,1-3H3,(H,27,28)(H,31,32)(H,24,25,26)/t12-/m0/s1. The first-order valence-electron chi connectivity index (χ1n) is 10.9. The van der Waals surface area contributed by atoms with Crippen LogP contribution in [0.25, 0.3) is 22.6 Å². The number of carboxylic acid groups (broad SMARTS) is 1. The number of carbonyl (C=O) groups is 1. The van der Waals surface area contributed by atoms with Gasteiger partial charge < -0.3 is 20.3 Å². The van der Waals surface area contributed by atoms with Gasteiger partial charge in [0.1, 0.15) is 5.82 Å². The molecule has 4 rings (SSSR count). The first-order chi connectivity index (χ1) is 16.5. The number of imidazole rings is 1. The molecule has 186 valence electrons. The van der Waals surface area contributed by atoms with Crippen molar-refractivity contribution in [3.05, 3.63) is 41.3 Å². The van der Waals surface area contributed by atoms with Gasteiger partial charge in [-0.15, -0.1) is 0 Å². The van der Waals surface area contributed by atoms with Gasteiger partial charge in [-0.05, 0) is 31.9 Å². The van der Waals surface area contributed by atoms with Crippen LogP contribution in [0.3, 0.4) is 0 Å². The Morgan fingerprint density at radius 3 is 2.71 bits per heavy atom. The zero-order valence-electron chi connectivity index (χ0n) is 19.4. The van der Waals surface area contributed by atoms with Crippen molar-refractivity contribution in [1.29, 1.82) is 0 Å². The van der Waals surface area contributed by atoms with Crippen molar-refractivity contribution in [3.63, 3.8) is 0 Å². The van der Waals surface area contributed by atoms with Crippen LogP contribution in [0.2, 0.25) is 5.02 Å². The Hall–Kier alpha value is -3.38. The summed E-state index contributed by atoms with van der Waals surface area (Å²) in [5, 5.41) is 12.4. The molecular weight excluding hydrogens is 494 g/mol. The minimum Gasteiger partial charge on any atom is -0.465 e. The van der Waals surface area contributed by atoms with Crippen LogP contribution in [0, 0.1) is 0 Å². The van der Waals surface area contributed by atoms with Crippen LogP contribution in [0.5, 0.6) is 0 Å². The van der Waals surface area contributed by atoms with E-state index in [1.165, 1.54) is 11.9 Å². The lowest BCUT2D eigenvalue weighted by Gasteiger charge is -2.21. The number of aromatic amines is 1. The number of aromatic nitrogens is 4. The van der Waals surface area contributed by atoms with Gasteiger partial charge in [0, 0.05) is 37.3 Å². The van der Waals surface area contributed by atoms with Gasteiger partial charge in [0.05, 0.1) is 34.0 Å². The molecule has 1 saturated carbocycles. The molecule has 1 aliphatic rings. The Balaban J connectivity index is 1.69. The van der Waals surface area contributed by atoms with Crippen molar-refractivity contribution in [2.24, 2.45) is 0 Å². The average Bonchev–Trinajstić information content (AvgIpc) is 3.56. The van der Waals surface area contributed by atoms with E-state index in [0.717, 1.165) is 24.9 Å². The van der Waals surface area contributed by atoms with Crippen molar-refractivity contribution >= 4 is 39.4 Å². The van der Waals surface area contributed by atoms with E-state index in [0.29, 0.717) is 41.1 Å². The number of hydrogen-bond donors (Lipinski definition) is 4. The molecule has 3 aromatic rings. The van der Waals surface area contributed by atoms with E-state index in [9.17, 15) is 13.2 Å². The van der Waals surface area contributed by atoms with Gasteiger partial charge in [0.15, 0.2) is 0 Å². The minimum absolute atomic E-state index is 0.228. The van der Waals surface area contributed by atoms with Crippen LogP contribution in [-0.2, 0) is 10.0 Å². The Morgan fingerprint density at radius 2 is 2.06 bits per heavy atom. The Kier molecular flexibility index (Phi) is 6.86. The number of hydrogen-bond acceptors (Lipinski definition) is 7. The van der Waals surface area contributed by atoms with E-state index >= 15 is 0 Å². The monoisotopic (exact) mass is 519 g/mol. The molecule has 4 N–H and O–H groups in total. The normalized spacial score (nSPS) is 14.4. The van der Waals surface area contributed by atoms with E-state index in [4.69, 9.17) is 21.7 Å².